The molecule has 0 unspecified atom stereocenters. The molecular weight excluding hydrogens is 259 g/mol. The van der Waals surface area contributed by atoms with Crippen molar-refractivity contribution in [3.8, 4) is 5.75 Å². The third kappa shape index (κ3) is 3.82. The first-order chi connectivity index (χ1) is 9.69. The largest absolute Gasteiger partial charge is 0.489 e. The number of ether oxygens (including phenoxy) is 2. The predicted molar refractivity (Wildman–Crippen MR) is 72.9 cm³/mol. The summed E-state index contributed by atoms with van der Waals surface area (Å²) in [5, 5.41) is 0. The maximum atomic E-state index is 13.0. The summed E-state index contributed by atoms with van der Waals surface area (Å²) in [5.41, 5.74) is 1.72. The van der Waals surface area contributed by atoms with Crippen LogP contribution in [0.3, 0.4) is 0 Å². The molecule has 4 heteroatoms. The Kier molecular flexibility index (Phi) is 4.71. The Labute approximate surface area is 117 Å². The fourth-order valence-corrected chi connectivity index (χ4v) is 1.82. The Balaban J connectivity index is 2.07. The van der Waals surface area contributed by atoms with Gasteiger partial charge in [-0.15, -0.1) is 0 Å². The summed E-state index contributed by atoms with van der Waals surface area (Å²) in [6.45, 7) is 0.274. The van der Waals surface area contributed by atoms with E-state index < -0.39 is 0 Å². The van der Waals surface area contributed by atoms with E-state index >= 15 is 0 Å². The Morgan fingerprint density at radius 2 is 1.85 bits per heavy atom. The smallest absolute Gasteiger partial charge is 0.309 e. The van der Waals surface area contributed by atoms with Crippen LogP contribution < -0.4 is 4.74 Å². The number of hydrogen-bond acceptors (Lipinski definition) is 3. The van der Waals surface area contributed by atoms with E-state index in [0.717, 1.165) is 11.1 Å². The monoisotopic (exact) mass is 274 g/mol. The van der Waals surface area contributed by atoms with Crippen LogP contribution in [0.4, 0.5) is 4.39 Å². The number of rotatable bonds is 5. The lowest BCUT2D eigenvalue weighted by atomic mass is 10.1. The van der Waals surface area contributed by atoms with Crippen molar-refractivity contribution < 1.29 is 18.7 Å². The minimum atomic E-state index is -0.342. The molecular formula is C16H15FO3. The highest BCUT2D eigenvalue weighted by molar-refractivity contribution is 5.72. The van der Waals surface area contributed by atoms with Gasteiger partial charge in [0, 0.05) is 6.07 Å². The topological polar surface area (TPSA) is 35.5 Å². The Bertz CT molecular complexity index is 596. The SMILES string of the molecule is COC(=O)Cc1ccccc1COc1cccc(F)c1. The molecule has 0 aliphatic heterocycles. The number of carbonyl (C=O) groups excluding carboxylic acids is 1. The van der Waals surface area contributed by atoms with Gasteiger partial charge in [-0.25, -0.2) is 4.39 Å². The Morgan fingerprint density at radius 1 is 1.10 bits per heavy atom. The zero-order valence-electron chi connectivity index (χ0n) is 11.1. The minimum absolute atomic E-state index is 0.194. The second-order valence-electron chi connectivity index (χ2n) is 4.27. The quantitative estimate of drug-likeness (QED) is 0.786. The molecule has 0 spiro atoms. The summed E-state index contributed by atoms with van der Waals surface area (Å²) < 4.78 is 23.2. The van der Waals surface area contributed by atoms with Crippen LogP contribution in [0.15, 0.2) is 48.5 Å². The minimum Gasteiger partial charge on any atom is -0.489 e. The van der Waals surface area contributed by atoms with Crippen LogP contribution >= 0.6 is 0 Å². The number of esters is 1. The van der Waals surface area contributed by atoms with E-state index in [1.165, 1.54) is 19.2 Å². The van der Waals surface area contributed by atoms with Crippen LogP contribution in [0.2, 0.25) is 0 Å². The summed E-state index contributed by atoms with van der Waals surface area (Å²) in [6, 6.07) is 13.4. The zero-order chi connectivity index (χ0) is 14.4. The first kappa shape index (κ1) is 14.1. The van der Waals surface area contributed by atoms with Gasteiger partial charge in [0.2, 0.25) is 0 Å². The molecule has 2 aromatic carbocycles. The molecule has 0 saturated carbocycles. The van der Waals surface area contributed by atoms with E-state index in [9.17, 15) is 9.18 Å². The highest BCUT2D eigenvalue weighted by Crippen LogP contribution is 2.16. The fraction of sp³-hybridized carbons (Fsp3) is 0.188. The van der Waals surface area contributed by atoms with Crippen molar-refractivity contribution in [1.29, 1.82) is 0 Å². The average molecular weight is 274 g/mol. The van der Waals surface area contributed by atoms with Gasteiger partial charge >= 0.3 is 5.97 Å². The molecule has 0 saturated heterocycles. The van der Waals surface area contributed by atoms with E-state index in [2.05, 4.69) is 4.74 Å². The molecule has 0 atom stereocenters. The number of benzene rings is 2. The van der Waals surface area contributed by atoms with Crippen molar-refractivity contribution >= 4 is 5.97 Å². The van der Waals surface area contributed by atoms with Crippen LogP contribution in [0.25, 0.3) is 0 Å². The number of hydrogen-bond donors (Lipinski definition) is 0. The fourth-order valence-electron chi connectivity index (χ4n) is 1.82. The Morgan fingerprint density at radius 3 is 2.55 bits per heavy atom. The number of halogens is 1. The molecule has 2 rings (SSSR count). The zero-order valence-corrected chi connectivity index (χ0v) is 11.1. The lowest BCUT2D eigenvalue weighted by Gasteiger charge is -2.10. The van der Waals surface area contributed by atoms with Crippen molar-refractivity contribution in [3.05, 3.63) is 65.5 Å². The van der Waals surface area contributed by atoms with E-state index in [1.54, 1.807) is 12.1 Å². The van der Waals surface area contributed by atoms with E-state index in [-0.39, 0.29) is 24.8 Å². The average Bonchev–Trinajstić information content (AvgIpc) is 2.46. The molecule has 0 bridgehead atoms. The van der Waals surface area contributed by atoms with Crippen LogP contribution in [-0.2, 0) is 22.6 Å². The summed E-state index contributed by atoms with van der Waals surface area (Å²) in [5.74, 6) is -0.188. The normalized spacial score (nSPS) is 10.1. The summed E-state index contributed by atoms with van der Waals surface area (Å²) in [6.07, 6.45) is 0.194. The van der Waals surface area contributed by atoms with Crippen molar-refractivity contribution in [1.82, 2.24) is 0 Å². The molecule has 3 nitrogen and oxygen atoms in total. The first-order valence-electron chi connectivity index (χ1n) is 6.21. The van der Waals surface area contributed by atoms with E-state index in [1.807, 2.05) is 24.3 Å². The van der Waals surface area contributed by atoms with Crippen LogP contribution in [-0.4, -0.2) is 13.1 Å². The molecule has 0 amide bonds. The van der Waals surface area contributed by atoms with Crippen molar-refractivity contribution in [2.75, 3.05) is 7.11 Å². The van der Waals surface area contributed by atoms with Gasteiger partial charge in [0.25, 0.3) is 0 Å². The summed E-state index contributed by atoms with van der Waals surface area (Å²) in [4.78, 5) is 11.3. The van der Waals surface area contributed by atoms with Gasteiger partial charge in [-0.3, -0.25) is 4.79 Å². The lowest BCUT2D eigenvalue weighted by molar-refractivity contribution is -0.139. The van der Waals surface area contributed by atoms with Gasteiger partial charge in [0.1, 0.15) is 18.2 Å². The van der Waals surface area contributed by atoms with Crippen LogP contribution in [0, 0.1) is 5.82 Å². The molecule has 0 heterocycles. The molecule has 0 fully saturated rings. The molecule has 0 aromatic heterocycles. The second-order valence-corrected chi connectivity index (χ2v) is 4.27. The van der Waals surface area contributed by atoms with Crippen molar-refractivity contribution in [2.24, 2.45) is 0 Å². The van der Waals surface area contributed by atoms with Gasteiger partial charge in [-0.2, -0.15) is 0 Å². The molecule has 0 aliphatic carbocycles. The highest BCUT2D eigenvalue weighted by Gasteiger charge is 2.08. The molecule has 20 heavy (non-hydrogen) atoms. The Hall–Kier alpha value is -2.36. The van der Waals surface area contributed by atoms with Crippen LogP contribution in [0.1, 0.15) is 11.1 Å². The van der Waals surface area contributed by atoms with E-state index in [0.29, 0.717) is 5.75 Å². The van der Waals surface area contributed by atoms with Gasteiger partial charge < -0.3 is 9.47 Å². The molecule has 0 radical (unpaired) electrons. The molecule has 104 valence electrons. The molecule has 0 N–H and O–H groups in total. The highest BCUT2D eigenvalue weighted by atomic mass is 19.1. The maximum absolute atomic E-state index is 13.0. The third-order valence-electron chi connectivity index (χ3n) is 2.87. The van der Waals surface area contributed by atoms with Gasteiger partial charge in [-0.05, 0) is 23.3 Å². The molecule has 0 aliphatic rings. The lowest BCUT2D eigenvalue weighted by Crippen LogP contribution is -2.08. The predicted octanol–water partition coefficient (Wildman–Crippen LogP) is 3.12. The summed E-state index contributed by atoms with van der Waals surface area (Å²) in [7, 11) is 1.36. The second kappa shape index (κ2) is 6.70. The number of carbonyl (C=O) groups is 1. The first-order valence-corrected chi connectivity index (χ1v) is 6.21. The third-order valence-corrected chi connectivity index (χ3v) is 2.87. The standard InChI is InChI=1S/C16H15FO3/c1-19-16(18)9-12-5-2-3-6-13(12)11-20-15-8-4-7-14(17)10-15/h2-8,10H,9,11H2,1H3. The summed E-state index contributed by atoms with van der Waals surface area (Å²) >= 11 is 0. The van der Waals surface area contributed by atoms with Gasteiger partial charge in [-0.1, -0.05) is 30.3 Å². The van der Waals surface area contributed by atoms with Gasteiger partial charge in [0.15, 0.2) is 0 Å². The van der Waals surface area contributed by atoms with Crippen molar-refractivity contribution in [3.63, 3.8) is 0 Å². The number of methoxy groups -OCH3 is 1. The van der Waals surface area contributed by atoms with Crippen LogP contribution in [0.5, 0.6) is 5.75 Å². The van der Waals surface area contributed by atoms with Crippen molar-refractivity contribution in [2.45, 2.75) is 13.0 Å². The van der Waals surface area contributed by atoms with Gasteiger partial charge in [0.05, 0.1) is 13.5 Å². The molecule has 2 aromatic rings. The maximum Gasteiger partial charge on any atom is 0.309 e. The van der Waals surface area contributed by atoms with E-state index in [4.69, 9.17) is 4.74 Å².